The standard InChI is InChI=1S/C10H9BClNO/c1-14-10-7(11)4-2-6-3-5-8(12)13-9(6)10/h2-5H,11H2,1H3. The fourth-order valence-corrected chi connectivity index (χ4v) is 1.64. The second kappa shape index (κ2) is 3.50. The van der Waals surface area contributed by atoms with Gasteiger partial charge in [-0.15, -0.1) is 0 Å². The third kappa shape index (κ3) is 1.44. The highest BCUT2D eigenvalue weighted by Gasteiger charge is 2.06. The SMILES string of the molecule is Bc1ccc2ccc(Cl)nc2c1OC. The lowest BCUT2D eigenvalue weighted by Crippen LogP contribution is -2.07. The van der Waals surface area contributed by atoms with Crippen LogP contribution in [-0.2, 0) is 0 Å². The number of rotatable bonds is 1. The molecule has 2 rings (SSSR count). The zero-order valence-electron chi connectivity index (χ0n) is 8.04. The number of halogens is 1. The first-order valence-corrected chi connectivity index (χ1v) is 4.70. The summed E-state index contributed by atoms with van der Waals surface area (Å²) in [5.41, 5.74) is 1.88. The zero-order valence-corrected chi connectivity index (χ0v) is 8.80. The van der Waals surface area contributed by atoms with Crippen molar-refractivity contribution in [1.82, 2.24) is 4.98 Å². The van der Waals surface area contributed by atoms with Crippen LogP contribution in [0.4, 0.5) is 0 Å². The van der Waals surface area contributed by atoms with Gasteiger partial charge in [0.15, 0.2) is 0 Å². The number of ether oxygens (including phenoxy) is 1. The summed E-state index contributed by atoms with van der Waals surface area (Å²) < 4.78 is 5.29. The molecule has 4 heteroatoms. The normalized spacial score (nSPS) is 10.4. The number of hydrogen-bond donors (Lipinski definition) is 0. The van der Waals surface area contributed by atoms with Crippen LogP contribution in [0.3, 0.4) is 0 Å². The lowest BCUT2D eigenvalue weighted by Gasteiger charge is -2.07. The second-order valence-electron chi connectivity index (χ2n) is 3.12. The molecule has 1 heterocycles. The molecule has 70 valence electrons. The molecule has 0 atom stereocenters. The molecular weight excluding hydrogens is 196 g/mol. The Kier molecular flexibility index (Phi) is 2.34. The highest BCUT2D eigenvalue weighted by molar-refractivity contribution is 6.36. The van der Waals surface area contributed by atoms with Gasteiger partial charge in [-0.05, 0) is 17.6 Å². The number of fused-ring (bicyclic) bond motifs is 1. The summed E-state index contributed by atoms with van der Waals surface area (Å²) in [6.45, 7) is 0. The van der Waals surface area contributed by atoms with Crippen LogP contribution in [-0.4, -0.2) is 19.9 Å². The second-order valence-corrected chi connectivity index (χ2v) is 3.51. The Morgan fingerprint density at radius 3 is 2.71 bits per heavy atom. The van der Waals surface area contributed by atoms with Gasteiger partial charge in [-0.25, -0.2) is 4.98 Å². The molecular formula is C10H9BClNO. The highest BCUT2D eigenvalue weighted by atomic mass is 35.5. The van der Waals surface area contributed by atoms with Crippen molar-refractivity contribution in [2.24, 2.45) is 0 Å². The third-order valence-corrected chi connectivity index (χ3v) is 2.39. The van der Waals surface area contributed by atoms with Crippen LogP contribution in [0.15, 0.2) is 24.3 Å². The molecule has 2 aromatic rings. The van der Waals surface area contributed by atoms with Gasteiger partial charge in [-0.1, -0.05) is 23.7 Å². The van der Waals surface area contributed by atoms with Crippen LogP contribution in [0.2, 0.25) is 5.15 Å². The van der Waals surface area contributed by atoms with E-state index in [2.05, 4.69) is 4.98 Å². The largest absolute Gasteiger partial charge is 0.495 e. The van der Waals surface area contributed by atoms with E-state index in [4.69, 9.17) is 16.3 Å². The van der Waals surface area contributed by atoms with E-state index >= 15 is 0 Å². The van der Waals surface area contributed by atoms with Crippen molar-refractivity contribution in [2.75, 3.05) is 7.11 Å². The molecule has 2 nitrogen and oxygen atoms in total. The maximum absolute atomic E-state index is 5.83. The van der Waals surface area contributed by atoms with Crippen molar-refractivity contribution in [3.05, 3.63) is 29.4 Å². The lowest BCUT2D eigenvalue weighted by atomic mass is 9.93. The van der Waals surface area contributed by atoms with Crippen LogP contribution in [0.5, 0.6) is 5.75 Å². The van der Waals surface area contributed by atoms with Crippen molar-refractivity contribution >= 4 is 35.8 Å². The van der Waals surface area contributed by atoms with Gasteiger partial charge < -0.3 is 4.74 Å². The lowest BCUT2D eigenvalue weighted by molar-refractivity contribution is 0.422. The van der Waals surface area contributed by atoms with Crippen molar-refractivity contribution < 1.29 is 4.74 Å². The van der Waals surface area contributed by atoms with Crippen LogP contribution in [0.1, 0.15) is 0 Å². The highest BCUT2D eigenvalue weighted by Crippen LogP contribution is 2.22. The van der Waals surface area contributed by atoms with Gasteiger partial charge in [0.2, 0.25) is 0 Å². The maximum atomic E-state index is 5.83. The summed E-state index contributed by atoms with van der Waals surface area (Å²) in [5.74, 6) is 0.796. The van der Waals surface area contributed by atoms with E-state index in [0.717, 1.165) is 22.1 Å². The van der Waals surface area contributed by atoms with E-state index in [1.807, 2.05) is 26.0 Å². The fourth-order valence-electron chi connectivity index (χ4n) is 1.50. The van der Waals surface area contributed by atoms with E-state index in [1.165, 1.54) is 0 Å². The Morgan fingerprint density at radius 2 is 2.00 bits per heavy atom. The predicted octanol–water partition coefficient (Wildman–Crippen LogP) is 1.16. The van der Waals surface area contributed by atoms with Gasteiger partial charge >= 0.3 is 0 Å². The average Bonchev–Trinajstić information content (AvgIpc) is 2.17. The fraction of sp³-hybridized carbons (Fsp3) is 0.100. The molecule has 14 heavy (non-hydrogen) atoms. The average molecular weight is 205 g/mol. The molecule has 0 aliphatic heterocycles. The summed E-state index contributed by atoms with van der Waals surface area (Å²) in [5, 5.41) is 1.53. The number of nitrogens with zero attached hydrogens (tertiary/aromatic N) is 1. The Bertz CT molecular complexity index is 482. The minimum absolute atomic E-state index is 0.487. The Hall–Kier alpha value is -1.22. The topological polar surface area (TPSA) is 22.1 Å². The van der Waals surface area contributed by atoms with E-state index in [9.17, 15) is 0 Å². The molecule has 0 amide bonds. The van der Waals surface area contributed by atoms with Gasteiger partial charge in [-0.3, -0.25) is 0 Å². The predicted molar refractivity (Wildman–Crippen MR) is 61.5 cm³/mol. The van der Waals surface area contributed by atoms with E-state index in [0.29, 0.717) is 5.15 Å². The molecule has 0 N–H and O–H groups in total. The summed E-state index contributed by atoms with van der Waals surface area (Å²) in [6.07, 6.45) is 0. The van der Waals surface area contributed by atoms with Gasteiger partial charge in [0, 0.05) is 5.39 Å². The van der Waals surface area contributed by atoms with Crippen LogP contribution in [0, 0.1) is 0 Å². The maximum Gasteiger partial charge on any atom is 0.144 e. The molecule has 0 unspecified atom stereocenters. The first-order chi connectivity index (χ1) is 6.72. The molecule has 0 fully saturated rings. The first kappa shape index (κ1) is 9.34. The Morgan fingerprint density at radius 1 is 1.29 bits per heavy atom. The van der Waals surface area contributed by atoms with Gasteiger partial charge in [-0.2, -0.15) is 0 Å². The number of aromatic nitrogens is 1. The molecule has 1 aromatic carbocycles. The molecule has 0 spiro atoms. The van der Waals surface area contributed by atoms with Crippen molar-refractivity contribution in [1.29, 1.82) is 0 Å². The van der Waals surface area contributed by atoms with Gasteiger partial charge in [0.05, 0.1) is 7.11 Å². The van der Waals surface area contributed by atoms with Gasteiger partial charge in [0.25, 0.3) is 0 Å². The zero-order chi connectivity index (χ0) is 10.1. The quantitative estimate of drug-likeness (QED) is 0.515. The van der Waals surface area contributed by atoms with Crippen molar-refractivity contribution in [3.63, 3.8) is 0 Å². The Labute approximate surface area is 88.3 Å². The molecule has 0 aliphatic rings. The monoisotopic (exact) mass is 205 g/mol. The minimum atomic E-state index is 0.487. The number of benzene rings is 1. The summed E-state index contributed by atoms with van der Waals surface area (Å²) in [6, 6.07) is 7.73. The molecule has 0 saturated heterocycles. The minimum Gasteiger partial charge on any atom is -0.495 e. The summed E-state index contributed by atoms with van der Waals surface area (Å²) >= 11 is 5.83. The van der Waals surface area contributed by atoms with E-state index < -0.39 is 0 Å². The van der Waals surface area contributed by atoms with Crippen LogP contribution < -0.4 is 10.2 Å². The molecule has 1 aromatic heterocycles. The van der Waals surface area contributed by atoms with E-state index in [1.54, 1.807) is 13.2 Å². The molecule has 0 bridgehead atoms. The van der Waals surface area contributed by atoms with Gasteiger partial charge in [0.1, 0.15) is 24.3 Å². The third-order valence-electron chi connectivity index (χ3n) is 2.18. The smallest absolute Gasteiger partial charge is 0.144 e. The van der Waals surface area contributed by atoms with Crippen molar-refractivity contribution in [3.8, 4) is 5.75 Å². The molecule has 0 saturated carbocycles. The van der Waals surface area contributed by atoms with Crippen LogP contribution >= 0.6 is 11.6 Å². The Balaban J connectivity index is 2.84. The number of pyridine rings is 1. The van der Waals surface area contributed by atoms with Crippen molar-refractivity contribution in [2.45, 2.75) is 0 Å². The summed E-state index contributed by atoms with van der Waals surface area (Å²) in [4.78, 5) is 4.25. The van der Waals surface area contributed by atoms with E-state index in [-0.39, 0.29) is 0 Å². The first-order valence-electron chi connectivity index (χ1n) is 4.32. The molecule has 0 aliphatic carbocycles. The van der Waals surface area contributed by atoms with Crippen LogP contribution in [0.25, 0.3) is 10.9 Å². The number of hydrogen-bond acceptors (Lipinski definition) is 2. The number of methoxy groups -OCH3 is 1. The molecule has 0 radical (unpaired) electrons. The summed E-state index contributed by atoms with van der Waals surface area (Å²) in [7, 11) is 3.63.